The molecule has 0 bridgehead atoms. The molecule has 0 aromatic rings. The summed E-state index contributed by atoms with van der Waals surface area (Å²) in [4.78, 5) is 2.49. The average Bonchev–Trinajstić information content (AvgIpc) is 2.83. The second-order valence-electron chi connectivity index (χ2n) is 6.47. The number of nitrogens with one attached hydrogen (secondary N) is 1. The van der Waals surface area contributed by atoms with Gasteiger partial charge in [0.2, 0.25) is 0 Å². The zero-order valence-corrected chi connectivity index (χ0v) is 14.8. The fourth-order valence-corrected chi connectivity index (χ4v) is 3.69. The molecule has 0 saturated carbocycles. The molecule has 1 aliphatic heterocycles. The molecular formula is C16H34N2OS. The molecule has 0 aromatic carbocycles. The van der Waals surface area contributed by atoms with Crippen molar-refractivity contribution in [1.82, 2.24) is 10.2 Å². The van der Waals surface area contributed by atoms with Crippen molar-refractivity contribution in [1.29, 1.82) is 0 Å². The second kappa shape index (κ2) is 10.0. The predicted molar refractivity (Wildman–Crippen MR) is 90.7 cm³/mol. The van der Waals surface area contributed by atoms with Crippen molar-refractivity contribution in [2.75, 3.05) is 38.7 Å². The van der Waals surface area contributed by atoms with Crippen LogP contribution in [0.2, 0.25) is 0 Å². The van der Waals surface area contributed by atoms with E-state index in [2.05, 4.69) is 44.3 Å². The van der Waals surface area contributed by atoms with E-state index < -0.39 is 0 Å². The molecule has 0 aliphatic carbocycles. The number of nitrogens with zero attached hydrogens (tertiary/aromatic N) is 1. The maximum absolute atomic E-state index is 6.18. The van der Waals surface area contributed by atoms with Gasteiger partial charge in [-0.15, -0.1) is 0 Å². The minimum Gasteiger partial charge on any atom is -0.372 e. The summed E-state index contributed by atoms with van der Waals surface area (Å²) in [7, 11) is 2.25. The normalized spacial score (nSPS) is 24.8. The molecule has 20 heavy (non-hydrogen) atoms. The second-order valence-corrected chi connectivity index (χ2v) is 7.38. The lowest BCUT2D eigenvalue weighted by Crippen LogP contribution is -2.39. The molecule has 1 aliphatic rings. The first-order chi connectivity index (χ1) is 9.56. The van der Waals surface area contributed by atoms with Gasteiger partial charge >= 0.3 is 0 Å². The van der Waals surface area contributed by atoms with Crippen LogP contribution in [0.5, 0.6) is 0 Å². The highest BCUT2D eigenvalue weighted by Gasteiger charge is 2.27. The van der Waals surface area contributed by atoms with Gasteiger partial charge in [0.25, 0.3) is 0 Å². The number of hydrogen-bond acceptors (Lipinski definition) is 4. The quantitative estimate of drug-likeness (QED) is 0.671. The van der Waals surface area contributed by atoms with Gasteiger partial charge in [0, 0.05) is 24.9 Å². The Bertz CT molecular complexity index is 251. The monoisotopic (exact) mass is 302 g/mol. The number of thioether (sulfide) groups is 1. The molecule has 1 fully saturated rings. The topological polar surface area (TPSA) is 24.5 Å². The molecule has 1 rings (SSSR count). The minimum absolute atomic E-state index is 0.424. The predicted octanol–water partition coefficient (Wildman–Crippen LogP) is 2.85. The summed E-state index contributed by atoms with van der Waals surface area (Å²) in [6, 6.07) is 0.687. The molecule has 0 aromatic heterocycles. The van der Waals surface area contributed by atoms with Gasteiger partial charge in [0.1, 0.15) is 0 Å². The van der Waals surface area contributed by atoms with Crippen molar-refractivity contribution in [3.05, 3.63) is 0 Å². The Morgan fingerprint density at radius 3 is 2.60 bits per heavy atom. The van der Waals surface area contributed by atoms with Crippen LogP contribution in [-0.4, -0.2) is 61.8 Å². The van der Waals surface area contributed by atoms with Crippen LogP contribution in [0.1, 0.15) is 40.0 Å². The smallest absolute Gasteiger partial charge is 0.0707 e. The SMILES string of the molecule is CCC(CSC)N(C)CC1CCC(CNCC(C)C)O1. The number of rotatable bonds is 10. The van der Waals surface area contributed by atoms with E-state index in [0.29, 0.717) is 18.2 Å². The van der Waals surface area contributed by atoms with E-state index in [4.69, 9.17) is 4.74 Å². The first-order valence-corrected chi connectivity index (χ1v) is 9.51. The zero-order valence-electron chi connectivity index (χ0n) is 14.0. The van der Waals surface area contributed by atoms with Crippen molar-refractivity contribution in [2.45, 2.75) is 58.3 Å². The van der Waals surface area contributed by atoms with Gasteiger partial charge in [-0.1, -0.05) is 20.8 Å². The molecule has 4 heteroatoms. The Labute approximate surface area is 130 Å². The Morgan fingerprint density at radius 2 is 2.00 bits per heavy atom. The summed E-state index contributed by atoms with van der Waals surface area (Å²) in [5.74, 6) is 1.94. The third-order valence-corrected chi connectivity index (χ3v) is 4.78. The lowest BCUT2D eigenvalue weighted by atomic mass is 10.1. The van der Waals surface area contributed by atoms with E-state index >= 15 is 0 Å². The Morgan fingerprint density at radius 1 is 1.30 bits per heavy atom. The Kier molecular flexibility index (Phi) is 9.18. The highest BCUT2D eigenvalue weighted by molar-refractivity contribution is 7.98. The summed E-state index contributed by atoms with van der Waals surface area (Å²) in [5, 5.41) is 3.51. The summed E-state index contributed by atoms with van der Waals surface area (Å²) in [6.07, 6.45) is 6.70. The third kappa shape index (κ3) is 6.79. The van der Waals surface area contributed by atoms with Gasteiger partial charge in [-0.2, -0.15) is 11.8 Å². The Balaban J connectivity index is 2.22. The highest BCUT2D eigenvalue weighted by Crippen LogP contribution is 2.21. The minimum atomic E-state index is 0.424. The van der Waals surface area contributed by atoms with Gasteiger partial charge in [-0.05, 0) is 45.0 Å². The van der Waals surface area contributed by atoms with Crippen LogP contribution in [-0.2, 0) is 4.74 Å². The summed E-state index contributed by atoms with van der Waals surface area (Å²) in [5.41, 5.74) is 0. The largest absolute Gasteiger partial charge is 0.372 e. The van der Waals surface area contributed by atoms with Gasteiger partial charge in [-0.25, -0.2) is 0 Å². The fraction of sp³-hybridized carbons (Fsp3) is 1.00. The number of hydrogen-bond donors (Lipinski definition) is 1. The van der Waals surface area contributed by atoms with E-state index in [1.54, 1.807) is 0 Å². The Hall–Kier alpha value is 0.230. The van der Waals surface area contributed by atoms with Crippen LogP contribution in [0.15, 0.2) is 0 Å². The average molecular weight is 303 g/mol. The molecule has 3 atom stereocenters. The van der Waals surface area contributed by atoms with Crippen molar-refractivity contribution in [3.8, 4) is 0 Å². The zero-order chi connectivity index (χ0) is 15.0. The van der Waals surface area contributed by atoms with Crippen molar-refractivity contribution >= 4 is 11.8 Å². The van der Waals surface area contributed by atoms with Crippen LogP contribution in [0.4, 0.5) is 0 Å². The van der Waals surface area contributed by atoms with Crippen molar-refractivity contribution in [3.63, 3.8) is 0 Å². The lowest BCUT2D eigenvalue weighted by Gasteiger charge is -2.29. The molecule has 1 heterocycles. The van der Waals surface area contributed by atoms with Crippen molar-refractivity contribution < 1.29 is 4.74 Å². The van der Waals surface area contributed by atoms with Gasteiger partial charge in [-0.3, -0.25) is 0 Å². The summed E-state index contributed by atoms with van der Waals surface area (Å²) in [6.45, 7) is 9.97. The summed E-state index contributed by atoms with van der Waals surface area (Å²) >= 11 is 1.94. The summed E-state index contributed by atoms with van der Waals surface area (Å²) < 4.78 is 6.18. The van der Waals surface area contributed by atoms with E-state index in [9.17, 15) is 0 Å². The van der Waals surface area contributed by atoms with Gasteiger partial charge < -0.3 is 15.0 Å². The van der Waals surface area contributed by atoms with Crippen LogP contribution < -0.4 is 5.32 Å². The van der Waals surface area contributed by atoms with Crippen LogP contribution >= 0.6 is 11.8 Å². The van der Waals surface area contributed by atoms with Crippen molar-refractivity contribution in [2.24, 2.45) is 5.92 Å². The molecule has 0 amide bonds. The van der Waals surface area contributed by atoms with E-state index in [1.165, 1.54) is 25.0 Å². The fourth-order valence-electron chi connectivity index (χ4n) is 2.82. The lowest BCUT2D eigenvalue weighted by molar-refractivity contribution is 0.0218. The maximum Gasteiger partial charge on any atom is 0.0707 e. The molecule has 1 N–H and O–H groups in total. The molecule has 3 nitrogen and oxygen atoms in total. The molecular weight excluding hydrogens is 268 g/mol. The van der Waals surface area contributed by atoms with E-state index in [0.717, 1.165) is 25.6 Å². The molecule has 120 valence electrons. The first kappa shape index (κ1) is 18.3. The van der Waals surface area contributed by atoms with Crippen LogP contribution in [0, 0.1) is 5.92 Å². The third-order valence-electron chi connectivity index (χ3n) is 4.07. The maximum atomic E-state index is 6.18. The van der Waals surface area contributed by atoms with E-state index in [-0.39, 0.29) is 0 Å². The first-order valence-electron chi connectivity index (χ1n) is 8.12. The molecule has 0 radical (unpaired) electrons. The van der Waals surface area contributed by atoms with E-state index in [1.807, 2.05) is 11.8 Å². The van der Waals surface area contributed by atoms with Crippen LogP contribution in [0.25, 0.3) is 0 Å². The van der Waals surface area contributed by atoms with Crippen LogP contribution in [0.3, 0.4) is 0 Å². The van der Waals surface area contributed by atoms with Gasteiger partial charge in [0.05, 0.1) is 12.2 Å². The highest BCUT2D eigenvalue weighted by atomic mass is 32.2. The number of likely N-dealkylation sites (N-methyl/N-ethyl adjacent to an activating group) is 1. The number of ether oxygens (including phenoxy) is 1. The molecule has 3 unspecified atom stereocenters. The van der Waals surface area contributed by atoms with Gasteiger partial charge in [0.15, 0.2) is 0 Å². The molecule has 0 spiro atoms. The molecule has 1 saturated heterocycles. The standard InChI is InChI=1S/C16H34N2OS/c1-6-14(12-20-5)18(4)11-16-8-7-15(19-16)10-17-9-13(2)3/h13-17H,6-12H2,1-5H3.